The van der Waals surface area contributed by atoms with E-state index in [1.165, 1.54) is 6.92 Å². The van der Waals surface area contributed by atoms with Crippen LogP contribution in [0, 0.1) is 11.8 Å². The van der Waals surface area contributed by atoms with E-state index >= 15 is 0 Å². The lowest BCUT2D eigenvalue weighted by atomic mass is 9.84. The van der Waals surface area contributed by atoms with E-state index < -0.39 is 18.1 Å². The van der Waals surface area contributed by atoms with Gasteiger partial charge in [0.15, 0.2) is 0 Å². The van der Waals surface area contributed by atoms with Crippen LogP contribution in [0.1, 0.15) is 26.7 Å². The molecule has 2 aromatic carbocycles. The molecular weight excluding hydrogens is 470 g/mol. The van der Waals surface area contributed by atoms with Crippen LogP contribution in [0.15, 0.2) is 66.3 Å². The van der Waals surface area contributed by atoms with Gasteiger partial charge in [0.05, 0.1) is 18.0 Å². The zero-order chi connectivity index (χ0) is 26.3. The summed E-state index contributed by atoms with van der Waals surface area (Å²) in [5, 5.41) is 24.4. The number of anilines is 1. The van der Waals surface area contributed by atoms with Crippen molar-refractivity contribution >= 4 is 45.3 Å². The number of aliphatic carboxylic acids is 1. The number of aliphatic hydroxyl groups is 1. The minimum absolute atomic E-state index is 0.0164. The van der Waals surface area contributed by atoms with Crippen LogP contribution >= 0.6 is 0 Å². The van der Waals surface area contributed by atoms with Gasteiger partial charge in [0.25, 0.3) is 0 Å². The Morgan fingerprint density at radius 2 is 1.84 bits per heavy atom. The number of amides is 2. The van der Waals surface area contributed by atoms with Crippen LogP contribution in [0.4, 0.5) is 5.69 Å². The van der Waals surface area contributed by atoms with E-state index in [9.17, 15) is 24.6 Å². The number of fused-ring (bicyclic) bond motifs is 3. The molecular formula is C29H31N3O5. The molecule has 0 saturated carbocycles. The third kappa shape index (κ3) is 4.64. The van der Waals surface area contributed by atoms with Gasteiger partial charge in [0, 0.05) is 53.8 Å². The summed E-state index contributed by atoms with van der Waals surface area (Å²) in [5.41, 5.74) is 3.33. The standard InChI is InChI=1S/C29H31N3O5/c1-17-15-19(7-10-26(17)34)21-11-13-31(18(2)33)28(21)29(37)30-20-8-9-23-22-5-3-4-6-24(22)32(25(23)16-20)14-12-27(35)36/h3-10,15-17,21,26,28,34H,11-14H2,1-2H3,(H,30,37)(H,35,36)/t17?,21?,26?,28-/m0/s1. The molecule has 3 N–H and O–H groups in total. The monoisotopic (exact) mass is 501 g/mol. The average Bonchev–Trinajstić information content (AvgIpc) is 3.44. The van der Waals surface area contributed by atoms with Gasteiger partial charge in [-0.2, -0.15) is 0 Å². The van der Waals surface area contributed by atoms with Gasteiger partial charge in [0.2, 0.25) is 11.8 Å². The second-order valence-electron chi connectivity index (χ2n) is 9.96. The van der Waals surface area contributed by atoms with Gasteiger partial charge in [-0.15, -0.1) is 0 Å². The summed E-state index contributed by atoms with van der Waals surface area (Å²) in [5.74, 6) is -1.52. The summed E-state index contributed by atoms with van der Waals surface area (Å²) in [4.78, 5) is 39.0. The fraction of sp³-hybridized carbons (Fsp3) is 0.345. The van der Waals surface area contributed by atoms with Crippen molar-refractivity contribution in [3.05, 3.63) is 66.3 Å². The molecule has 0 bridgehead atoms. The third-order valence-electron chi connectivity index (χ3n) is 7.57. The fourth-order valence-electron chi connectivity index (χ4n) is 5.70. The fourth-order valence-corrected chi connectivity index (χ4v) is 5.70. The van der Waals surface area contributed by atoms with Gasteiger partial charge in [-0.3, -0.25) is 14.4 Å². The molecule has 2 heterocycles. The second kappa shape index (κ2) is 9.86. The Kier molecular flexibility index (Phi) is 6.60. The van der Waals surface area contributed by atoms with Crippen LogP contribution in [0.2, 0.25) is 0 Å². The molecule has 1 aliphatic heterocycles. The number of aliphatic hydroxyl groups excluding tert-OH is 1. The van der Waals surface area contributed by atoms with Gasteiger partial charge >= 0.3 is 5.97 Å². The Labute approximate surface area is 214 Å². The Hall–Kier alpha value is -3.91. The SMILES string of the molecule is CC(=O)N1CCC(C2=CC(C)C(O)C=C2)[C@H]1C(=O)Nc1ccc2c3ccccc3n(CCC(=O)O)c2c1. The normalized spacial score (nSPS) is 23.4. The summed E-state index contributed by atoms with van der Waals surface area (Å²) >= 11 is 0. The maximum Gasteiger partial charge on any atom is 0.305 e. The van der Waals surface area contributed by atoms with Crippen LogP contribution in [0.25, 0.3) is 21.8 Å². The van der Waals surface area contributed by atoms with Gasteiger partial charge < -0.3 is 25.0 Å². The van der Waals surface area contributed by atoms with Crippen LogP contribution in [-0.4, -0.2) is 56.2 Å². The number of hydrogen-bond donors (Lipinski definition) is 3. The average molecular weight is 502 g/mol. The predicted octanol–water partition coefficient (Wildman–Crippen LogP) is 3.94. The summed E-state index contributed by atoms with van der Waals surface area (Å²) in [6.07, 6.45) is 5.70. The van der Waals surface area contributed by atoms with Crippen molar-refractivity contribution < 1.29 is 24.6 Å². The molecule has 8 heteroatoms. The van der Waals surface area contributed by atoms with E-state index in [0.29, 0.717) is 25.2 Å². The number of nitrogens with zero attached hydrogens (tertiary/aromatic N) is 2. The summed E-state index contributed by atoms with van der Waals surface area (Å²) in [6.45, 7) is 4.21. The maximum absolute atomic E-state index is 13.6. The molecule has 1 aromatic heterocycles. The third-order valence-corrected chi connectivity index (χ3v) is 7.57. The van der Waals surface area contributed by atoms with Crippen molar-refractivity contribution in [3.8, 4) is 0 Å². The van der Waals surface area contributed by atoms with E-state index in [1.807, 2.05) is 66.1 Å². The zero-order valence-corrected chi connectivity index (χ0v) is 20.9. The lowest BCUT2D eigenvalue weighted by Crippen LogP contribution is -2.45. The number of carbonyl (C=O) groups is 3. The molecule has 3 aromatic rings. The first kappa shape index (κ1) is 24.8. The second-order valence-corrected chi connectivity index (χ2v) is 9.96. The smallest absolute Gasteiger partial charge is 0.305 e. The van der Waals surface area contributed by atoms with Crippen molar-refractivity contribution in [1.29, 1.82) is 0 Å². The summed E-state index contributed by atoms with van der Waals surface area (Å²) in [6, 6.07) is 12.8. The van der Waals surface area contributed by atoms with Crippen LogP contribution in [0.5, 0.6) is 0 Å². The molecule has 4 atom stereocenters. The molecule has 3 unspecified atom stereocenters. The van der Waals surface area contributed by atoms with Gasteiger partial charge in [0.1, 0.15) is 6.04 Å². The van der Waals surface area contributed by atoms with Crippen LogP contribution < -0.4 is 5.32 Å². The number of benzene rings is 2. The number of carboxylic acid groups (broad SMARTS) is 1. The number of aryl methyl sites for hydroxylation is 1. The number of likely N-dealkylation sites (tertiary alicyclic amines) is 1. The van der Waals surface area contributed by atoms with Crippen molar-refractivity contribution in [2.45, 2.75) is 45.4 Å². The van der Waals surface area contributed by atoms with Gasteiger partial charge in [-0.25, -0.2) is 0 Å². The van der Waals surface area contributed by atoms with E-state index in [4.69, 9.17) is 0 Å². The lowest BCUT2D eigenvalue weighted by molar-refractivity contribution is -0.137. The molecule has 2 aliphatic rings. The van der Waals surface area contributed by atoms with Crippen molar-refractivity contribution in [2.75, 3.05) is 11.9 Å². The highest BCUT2D eigenvalue weighted by Gasteiger charge is 2.42. The Morgan fingerprint density at radius 1 is 1.08 bits per heavy atom. The number of carbonyl (C=O) groups excluding carboxylic acids is 2. The van der Waals surface area contributed by atoms with Gasteiger partial charge in [-0.05, 0) is 30.2 Å². The lowest BCUT2D eigenvalue weighted by Gasteiger charge is -2.29. The summed E-state index contributed by atoms with van der Waals surface area (Å²) < 4.78 is 1.97. The first-order valence-corrected chi connectivity index (χ1v) is 12.6. The highest BCUT2D eigenvalue weighted by Crippen LogP contribution is 2.36. The highest BCUT2D eigenvalue weighted by molar-refractivity contribution is 6.09. The number of allylic oxidation sites excluding steroid dienone is 1. The van der Waals surface area contributed by atoms with Crippen molar-refractivity contribution in [1.82, 2.24) is 9.47 Å². The number of aromatic nitrogens is 1. The van der Waals surface area contributed by atoms with Crippen LogP contribution in [0.3, 0.4) is 0 Å². The Bertz CT molecular complexity index is 1450. The first-order chi connectivity index (χ1) is 17.7. The number of rotatable bonds is 6. The highest BCUT2D eigenvalue weighted by atomic mass is 16.4. The molecule has 0 radical (unpaired) electrons. The topological polar surface area (TPSA) is 112 Å². The molecule has 1 saturated heterocycles. The first-order valence-electron chi connectivity index (χ1n) is 12.6. The number of carboxylic acids is 1. The Balaban J connectivity index is 1.48. The van der Waals surface area contributed by atoms with E-state index in [-0.39, 0.29) is 30.1 Å². The molecule has 37 heavy (non-hydrogen) atoms. The predicted molar refractivity (Wildman–Crippen MR) is 142 cm³/mol. The maximum atomic E-state index is 13.6. The zero-order valence-electron chi connectivity index (χ0n) is 20.9. The summed E-state index contributed by atoms with van der Waals surface area (Å²) in [7, 11) is 0. The van der Waals surface area contributed by atoms with E-state index in [2.05, 4.69) is 5.32 Å². The largest absolute Gasteiger partial charge is 0.481 e. The molecule has 0 spiro atoms. The molecule has 1 fully saturated rings. The molecule has 2 amide bonds. The van der Waals surface area contributed by atoms with Gasteiger partial charge in [-0.1, -0.05) is 49.4 Å². The van der Waals surface area contributed by atoms with Crippen molar-refractivity contribution in [2.24, 2.45) is 11.8 Å². The minimum Gasteiger partial charge on any atom is -0.481 e. The molecule has 1 aliphatic carbocycles. The van der Waals surface area contributed by atoms with E-state index in [1.54, 1.807) is 11.0 Å². The van der Waals surface area contributed by atoms with E-state index in [0.717, 1.165) is 27.4 Å². The quantitative estimate of drug-likeness (QED) is 0.474. The molecule has 8 nitrogen and oxygen atoms in total. The number of hydrogen-bond acceptors (Lipinski definition) is 4. The Morgan fingerprint density at radius 3 is 2.57 bits per heavy atom. The molecule has 5 rings (SSSR count). The number of nitrogens with one attached hydrogen (secondary N) is 1. The number of para-hydroxylation sites is 1. The minimum atomic E-state index is -0.875. The van der Waals surface area contributed by atoms with Crippen LogP contribution in [-0.2, 0) is 20.9 Å². The molecule has 192 valence electrons. The van der Waals surface area contributed by atoms with Crippen molar-refractivity contribution in [3.63, 3.8) is 0 Å².